The molecular formula is C20H27Cl2N3O2. The second-order valence-corrected chi connectivity index (χ2v) is 6.44. The van der Waals surface area contributed by atoms with Crippen LogP contribution in [0.15, 0.2) is 54.6 Å². The summed E-state index contributed by atoms with van der Waals surface area (Å²) in [5.41, 5.74) is 8.04. The molecule has 1 aliphatic rings. The standard InChI is InChI=1S/C20H25N3O2.2ClH/c1-25-18-9-5-8-17(12-18)23-11-10-15(14-23)13-22-20(24)19(21)16-6-3-2-4-7-16;;/h2-9,12,15,19H,10-11,13-14,21H2,1H3,(H,22,24);2*1H. The Balaban J connectivity index is 0.00000182. The summed E-state index contributed by atoms with van der Waals surface area (Å²) in [5, 5.41) is 3.00. The zero-order valence-electron chi connectivity index (χ0n) is 15.3. The number of rotatable bonds is 6. The summed E-state index contributed by atoms with van der Waals surface area (Å²) in [6.07, 6.45) is 1.05. The van der Waals surface area contributed by atoms with E-state index in [1.54, 1.807) is 7.11 Å². The predicted octanol–water partition coefficient (Wildman–Crippen LogP) is 3.18. The molecule has 7 heteroatoms. The van der Waals surface area contributed by atoms with Gasteiger partial charge in [-0.3, -0.25) is 4.79 Å². The number of amides is 1. The van der Waals surface area contributed by atoms with E-state index in [9.17, 15) is 4.79 Å². The first-order valence-corrected chi connectivity index (χ1v) is 8.64. The van der Waals surface area contributed by atoms with Crippen molar-refractivity contribution in [2.24, 2.45) is 11.7 Å². The van der Waals surface area contributed by atoms with Crippen molar-refractivity contribution in [1.29, 1.82) is 0 Å². The topological polar surface area (TPSA) is 67.6 Å². The summed E-state index contributed by atoms with van der Waals surface area (Å²) in [6, 6.07) is 16.9. The Hall–Kier alpha value is -1.95. The smallest absolute Gasteiger partial charge is 0.241 e. The van der Waals surface area contributed by atoms with Gasteiger partial charge >= 0.3 is 0 Å². The first-order chi connectivity index (χ1) is 12.2. The van der Waals surface area contributed by atoms with Gasteiger partial charge in [-0.1, -0.05) is 36.4 Å². The van der Waals surface area contributed by atoms with Gasteiger partial charge in [0.15, 0.2) is 0 Å². The Kier molecular flexibility index (Phi) is 9.43. The van der Waals surface area contributed by atoms with E-state index in [-0.39, 0.29) is 30.7 Å². The molecule has 2 aromatic rings. The summed E-state index contributed by atoms with van der Waals surface area (Å²) in [4.78, 5) is 14.6. The van der Waals surface area contributed by atoms with Gasteiger partial charge in [0, 0.05) is 31.4 Å². The van der Waals surface area contributed by atoms with E-state index in [1.807, 2.05) is 48.5 Å². The lowest BCUT2D eigenvalue weighted by Crippen LogP contribution is -2.37. The van der Waals surface area contributed by atoms with Crippen molar-refractivity contribution in [2.45, 2.75) is 12.5 Å². The van der Waals surface area contributed by atoms with Crippen molar-refractivity contribution in [3.8, 4) is 5.75 Å². The number of nitrogens with two attached hydrogens (primary N) is 1. The van der Waals surface area contributed by atoms with Gasteiger partial charge in [-0.05, 0) is 30.0 Å². The summed E-state index contributed by atoms with van der Waals surface area (Å²) < 4.78 is 5.29. The molecule has 2 aromatic carbocycles. The molecule has 0 aromatic heterocycles. The molecule has 0 aliphatic carbocycles. The Morgan fingerprint density at radius 1 is 1.22 bits per heavy atom. The number of benzene rings is 2. The first-order valence-electron chi connectivity index (χ1n) is 8.64. The summed E-state index contributed by atoms with van der Waals surface area (Å²) in [6.45, 7) is 2.56. The van der Waals surface area contributed by atoms with E-state index in [2.05, 4.69) is 16.3 Å². The van der Waals surface area contributed by atoms with Crippen LogP contribution in [0.3, 0.4) is 0 Å². The van der Waals surface area contributed by atoms with Crippen LogP contribution in [0.4, 0.5) is 5.69 Å². The zero-order chi connectivity index (χ0) is 17.6. The molecule has 0 spiro atoms. The van der Waals surface area contributed by atoms with Crippen LogP contribution in [0.2, 0.25) is 0 Å². The van der Waals surface area contributed by atoms with Crippen molar-refractivity contribution < 1.29 is 9.53 Å². The molecule has 2 unspecified atom stereocenters. The van der Waals surface area contributed by atoms with Gasteiger partial charge in [0.2, 0.25) is 5.91 Å². The second-order valence-electron chi connectivity index (χ2n) is 6.44. The number of halogens is 2. The highest BCUT2D eigenvalue weighted by Gasteiger charge is 2.24. The van der Waals surface area contributed by atoms with Gasteiger partial charge in [-0.25, -0.2) is 0 Å². The molecular weight excluding hydrogens is 385 g/mol. The third-order valence-electron chi connectivity index (χ3n) is 4.71. The van der Waals surface area contributed by atoms with E-state index in [0.29, 0.717) is 12.5 Å². The zero-order valence-corrected chi connectivity index (χ0v) is 17.0. The van der Waals surface area contributed by atoms with Crippen molar-refractivity contribution in [3.05, 3.63) is 60.2 Å². The maximum Gasteiger partial charge on any atom is 0.241 e. The molecule has 1 heterocycles. The number of anilines is 1. The van der Waals surface area contributed by atoms with E-state index in [4.69, 9.17) is 10.5 Å². The molecule has 27 heavy (non-hydrogen) atoms. The number of hydrogen-bond acceptors (Lipinski definition) is 4. The summed E-state index contributed by atoms with van der Waals surface area (Å²) >= 11 is 0. The average molecular weight is 412 g/mol. The average Bonchev–Trinajstić information content (AvgIpc) is 3.15. The Morgan fingerprint density at radius 3 is 2.67 bits per heavy atom. The van der Waals surface area contributed by atoms with Crippen LogP contribution < -0.4 is 20.7 Å². The molecule has 0 saturated carbocycles. The maximum atomic E-state index is 12.3. The van der Waals surface area contributed by atoms with Gasteiger partial charge < -0.3 is 20.7 Å². The van der Waals surface area contributed by atoms with Crippen LogP contribution in [0.25, 0.3) is 0 Å². The van der Waals surface area contributed by atoms with Gasteiger partial charge in [0.05, 0.1) is 7.11 Å². The fourth-order valence-electron chi connectivity index (χ4n) is 3.21. The van der Waals surface area contributed by atoms with Crippen molar-refractivity contribution in [2.75, 3.05) is 31.6 Å². The van der Waals surface area contributed by atoms with Gasteiger partial charge in [-0.2, -0.15) is 0 Å². The molecule has 3 rings (SSSR count). The SMILES string of the molecule is COc1cccc(N2CCC(CNC(=O)C(N)c3ccccc3)C2)c1.Cl.Cl. The molecule has 5 nitrogen and oxygen atoms in total. The number of methoxy groups -OCH3 is 1. The quantitative estimate of drug-likeness (QED) is 0.765. The van der Waals surface area contributed by atoms with Gasteiger partial charge in [0.1, 0.15) is 11.8 Å². The van der Waals surface area contributed by atoms with E-state index in [1.165, 1.54) is 0 Å². The van der Waals surface area contributed by atoms with Crippen molar-refractivity contribution in [1.82, 2.24) is 5.32 Å². The Morgan fingerprint density at radius 2 is 1.96 bits per heavy atom. The normalized spacial score (nSPS) is 16.7. The van der Waals surface area contributed by atoms with Gasteiger partial charge in [-0.15, -0.1) is 24.8 Å². The minimum absolute atomic E-state index is 0. The highest BCUT2D eigenvalue weighted by atomic mass is 35.5. The number of ether oxygens (including phenoxy) is 1. The molecule has 1 saturated heterocycles. The Labute approximate surface area is 173 Å². The fourth-order valence-corrected chi connectivity index (χ4v) is 3.21. The second kappa shape index (κ2) is 11.0. The van der Waals surface area contributed by atoms with Crippen LogP contribution in [-0.4, -0.2) is 32.7 Å². The van der Waals surface area contributed by atoms with Crippen LogP contribution in [0.5, 0.6) is 5.75 Å². The molecule has 148 valence electrons. The van der Waals surface area contributed by atoms with Gasteiger partial charge in [0.25, 0.3) is 0 Å². The molecule has 0 bridgehead atoms. The fraction of sp³-hybridized carbons (Fsp3) is 0.350. The number of carbonyl (C=O) groups excluding carboxylic acids is 1. The van der Waals surface area contributed by atoms with E-state index >= 15 is 0 Å². The van der Waals surface area contributed by atoms with E-state index < -0.39 is 6.04 Å². The van der Waals surface area contributed by atoms with Crippen LogP contribution >= 0.6 is 24.8 Å². The molecule has 1 amide bonds. The molecule has 0 radical (unpaired) electrons. The molecule has 2 atom stereocenters. The summed E-state index contributed by atoms with van der Waals surface area (Å²) in [7, 11) is 1.68. The molecule has 1 aliphatic heterocycles. The minimum Gasteiger partial charge on any atom is -0.497 e. The van der Waals surface area contributed by atoms with Crippen LogP contribution in [0, 0.1) is 5.92 Å². The first kappa shape index (κ1) is 23.1. The summed E-state index contributed by atoms with van der Waals surface area (Å²) in [5.74, 6) is 1.17. The van der Waals surface area contributed by atoms with Crippen molar-refractivity contribution >= 4 is 36.4 Å². The Bertz CT molecular complexity index is 715. The number of carbonyl (C=O) groups is 1. The van der Waals surface area contributed by atoms with Crippen LogP contribution in [-0.2, 0) is 4.79 Å². The van der Waals surface area contributed by atoms with Crippen molar-refractivity contribution in [3.63, 3.8) is 0 Å². The highest BCUT2D eigenvalue weighted by Crippen LogP contribution is 2.26. The lowest BCUT2D eigenvalue weighted by atomic mass is 10.1. The third-order valence-corrected chi connectivity index (χ3v) is 4.71. The van der Waals surface area contributed by atoms with Crippen LogP contribution in [0.1, 0.15) is 18.0 Å². The highest BCUT2D eigenvalue weighted by molar-refractivity contribution is 5.85. The largest absolute Gasteiger partial charge is 0.497 e. The van der Waals surface area contributed by atoms with E-state index in [0.717, 1.165) is 36.5 Å². The number of nitrogens with zero attached hydrogens (tertiary/aromatic N) is 1. The monoisotopic (exact) mass is 411 g/mol. The maximum absolute atomic E-state index is 12.3. The third kappa shape index (κ3) is 6.03. The number of hydrogen-bond donors (Lipinski definition) is 2. The lowest BCUT2D eigenvalue weighted by Gasteiger charge is -2.20. The lowest BCUT2D eigenvalue weighted by molar-refractivity contribution is -0.122. The minimum atomic E-state index is -0.614. The molecule has 1 fully saturated rings. The predicted molar refractivity (Wildman–Crippen MR) is 114 cm³/mol. The molecule has 3 N–H and O–H groups in total. The number of nitrogens with one attached hydrogen (secondary N) is 1.